The van der Waals surface area contributed by atoms with E-state index in [9.17, 15) is 0 Å². The highest BCUT2D eigenvalue weighted by Gasteiger charge is 2.01. The maximum atomic E-state index is 7.32. The van der Waals surface area contributed by atoms with E-state index in [2.05, 4.69) is 20.9 Å². The van der Waals surface area contributed by atoms with Gasteiger partial charge in [-0.25, -0.2) is 0 Å². The molecule has 0 saturated carbocycles. The van der Waals surface area contributed by atoms with Gasteiger partial charge in [-0.3, -0.25) is 10.4 Å². The zero-order valence-electron chi connectivity index (χ0n) is 9.56. The van der Waals surface area contributed by atoms with Crippen LogP contribution in [0.4, 0.5) is 0 Å². The monoisotopic (exact) mass is 305 g/mol. The molecule has 0 radical (unpaired) electrons. The third-order valence-corrected chi connectivity index (χ3v) is 2.85. The lowest BCUT2D eigenvalue weighted by atomic mass is 10.2. The highest BCUT2D eigenvalue weighted by molar-refractivity contribution is 9.10. The Morgan fingerprint density at radius 3 is 2.67 bits per heavy atom. The van der Waals surface area contributed by atoms with E-state index in [-0.39, 0.29) is 5.84 Å². The van der Waals surface area contributed by atoms with Crippen LogP contribution in [0.15, 0.2) is 47.1 Å². The molecule has 0 aliphatic carbocycles. The molecule has 4 nitrogen and oxygen atoms in total. The molecule has 2 rings (SSSR count). The normalized spacial score (nSPS) is 10.1. The van der Waals surface area contributed by atoms with Crippen LogP contribution in [0.25, 0.3) is 0 Å². The molecule has 1 heterocycles. The van der Waals surface area contributed by atoms with Crippen LogP contribution >= 0.6 is 15.9 Å². The standard InChI is InChI=1S/C13H12BrN3O/c14-10-1-3-11(4-2-10)18-8-9-5-6-17-12(7-9)13(15)16/h1-7H,8H2,(H3,15,16). The fourth-order valence-electron chi connectivity index (χ4n) is 1.41. The Labute approximate surface area is 113 Å². The summed E-state index contributed by atoms with van der Waals surface area (Å²) in [5.41, 5.74) is 6.77. The van der Waals surface area contributed by atoms with E-state index >= 15 is 0 Å². The van der Waals surface area contributed by atoms with Crippen molar-refractivity contribution >= 4 is 21.8 Å². The Hall–Kier alpha value is -1.88. The minimum absolute atomic E-state index is 0.0412. The number of amidine groups is 1. The zero-order valence-corrected chi connectivity index (χ0v) is 11.1. The second kappa shape index (κ2) is 5.64. The molecule has 0 amide bonds. The van der Waals surface area contributed by atoms with E-state index in [1.807, 2.05) is 30.3 Å². The molecule has 0 bridgehead atoms. The number of hydrogen-bond acceptors (Lipinski definition) is 3. The lowest BCUT2D eigenvalue weighted by Gasteiger charge is -2.07. The van der Waals surface area contributed by atoms with E-state index in [1.165, 1.54) is 0 Å². The molecular weight excluding hydrogens is 294 g/mol. The number of hydrogen-bond donors (Lipinski definition) is 2. The molecule has 5 heteroatoms. The summed E-state index contributed by atoms with van der Waals surface area (Å²) in [6.45, 7) is 0.421. The summed E-state index contributed by atoms with van der Waals surface area (Å²) in [4.78, 5) is 3.99. The predicted octanol–water partition coefficient (Wildman–Crippen LogP) is 2.71. The molecular formula is C13H12BrN3O. The van der Waals surface area contributed by atoms with Crippen LogP contribution in [0.1, 0.15) is 11.3 Å². The molecule has 1 aromatic heterocycles. The fraction of sp³-hybridized carbons (Fsp3) is 0.0769. The molecule has 0 fully saturated rings. The highest BCUT2D eigenvalue weighted by Crippen LogP contribution is 2.17. The van der Waals surface area contributed by atoms with Crippen molar-refractivity contribution in [1.29, 1.82) is 5.41 Å². The number of nitrogens with two attached hydrogens (primary N) is 1. The van der Waals surface area contributed by atoms with Crippen LogP contribution in [0.2, 0.25) is 0 Å². The van der Waals surface area contributed by atoms with E-state index in [4.69, 9.17) is 15.9 Å². The van der Waals surface area contributed by atoms with Crippen LogP contribution in [-0.2, 0) is 6.61 Å². The summed E-state index contributed by atoms with van der Waals surface area (Å²) in [6, 6.07) is 11.2. The number of nitrogen functional groups attached to an aromatic ring is 1. The molecule has 2 aromatic rings. The van der Waals surface area contributed by atoms with Crippen molar-refractivity contribution in [3.05, 3.63) is 58.3 Å². The summed E-state index contributed by atoms with van der Waals surface area (Å²) in [5.74, 6) is 0.750. The molecule has 1 aromatic carbocycles. The van der Waals surface area contributed by atoms with Gasteiger partial charge in [0, 0.05) is 10.7 Å². The van der Waals surface area contributed by atoms with E-state index < -0.39 is 0 Å². The first-order valence-corrected chi connectivity index (χ1v) is 6.12. The van der Waals surface area contributed by atoms with Crippen molar-refractivity contribution in [2.24, 2.45) is 5.73 Å². The van der Waals surface area contributed by atoms with E-state index in [0.29, 0.717) is 12.3 Å². The van der Waals surface area contributed by atoms with Gasteiger partial charge in [-0.1, -0.05) is 15.9 Å². The summed E-state index contributed by atoms with van der Waals surface area (Å²) >= 11 is 3.37. The van der Waals surface area contributed by atoms with Crippen molar-refractivity contribution in [2.45, 2.75) is 6.61 Å². The van der Waals surface area contributed by atoms with Gasteiger partial charge in [0.1, 0.15) is 23.9 Å². The molecule has 0 aliphatic heterocycles. The number of halogens is 1. The maximum absolute atomic E-state index is 7.32. The number of pyridine rings is 1. The first-order valence-electron chi connectivity index (χ1n) is 5.33. The summed E-state index contributed by atoms with van der Waals surface area (Å²) in [7, 11) is 0. The average Bonchev–Trinajstić information content (AvgIpc) is 2.38. The first kappa shape index (κ1) is 12.6. The number of benzene rings is 1. The van der Waals surface area contributed by atoms with Gasteiger partial charge in [0.25, 0.3) is 0 Å². The lowest BCUT2D eigenvalue weighted by molar-refractivity contribution is 0.306. The number of aromatic nitrogens is 1. The van der Waals surface area contributed by atoms with Crippen molar-refractivity contribution in [1.82, 2.24) is 4.98 Å². The van der Waals surface area contributed by atoms with Crippen molar-refractivity contribution in [2.75, 3.05) is 0 Å². The van der Waals surface area contributed by atoms with Gasteiger partial charge < -0.3 is 10.5 Å². The molecule has 3 N–H and O–H groups in total. The third kappa shape index (κ3) is 3.30. The van der Waals surface area contributed by atoms with Gasteiger partial charge in [0.15, 0.2) is 0 Å². The van der Waals surface area contributed by atoms with Crippen LogP contribution < -0.4 is 10.5 Å². The summed E-state index contributed by atoms with van der Waals surface area (Å²) < 4.78 is 6.63. The minimum atomic E-state index is -0.0412. The van der Waals surface area contributed by atoms with Crippen LogP contribution in [-0.4, -0.2) is 10.8 Å². The van der Waals surface area contributed by atoms with E-state index in [1.54, 1.807) is 12.3 Å². The Morgan fingerprint density at radius 2 is 2.00 bits per heavy atom. The summed E-state index contributed by atoms with van der Waals surface area (Å²) in [5, 5.41) is 7.32. The third-order valence-electron chi connectivity index (χ3n) is 2.32. The minimum Gasteiger partial charge on any atom is -0.489 e. The topological polar surface area (TPSA) is 72.0 Å². The second-order valence-electron chi connectivity index (χ2n) is 3.71. The van der Waals surface area contributed by atoms with Gasteiger partial charge in [0.05, 0.1) is 0 Å². The van der Waals surface area contributed by atoms with Crippen molar-refractivity contribution < 1.29 is 4.74 Å². The Balaban J connectivity index is 2.04. The van der Waals surface area contributed by atoms with Gasteiger partial charge in [-0.05, 0) is 42.0 Å². The van der Waals surface area contributed by atoms with Crippen molar-refractivity contribution in [3.63, 3.8) is 0 Å². The average molecular weight is 306 g/mol. The maximum Gasteiger partial charge on any atom is 0.141 e. The smallest absolute Gasteiger partial charge is 0.141 e. The predicted molar refractivity (Wildman–Crippen MR) is 73.7 cm³/mol. The van der Waals surface area contributed by atoms with Gasteiger partial charge in [0.2, 0.25) is 0 Å². The second-order valence-corrected chi connectivity index (χ2v) is 4.62. The molecule has 0 aliphatic rings. The van der Waals surface area contributed by atoms with Crippen LogP contribution in [0, 0.1) is 5.41 Å². The first-order chi connectivity index (χ1) is 8.65. The zero-order chi connectivity index (χ0) is 13.0. The van der Waals surface area contributed by atoms with Gasteiger partial charge >= 0.3 is 0 Å². The number of rotatable bonds is 4. The Kier molecular flexibility index (Phi) is 3.94. The van der Waals surface area contributed by atoms with Gasteiger partial charge in [-0.2, -0.15) is 0 Å². The molecule has 0 spiro atoms. The molecule has 92 valence electrons. The molecule has 18 heavy (non-hydrogen) atoms. The molecule has 0 atom stereocenters. The van der Waals surface area contributed by atoms with E-state index in [0.717, 1.165) is 15.8 Å². The lowest BCUT2D eigenvalue weighted by Crippen LogP contribution is -2.13. The van der Waals surface area contributed by atoms with Gasteiger partial charge in [-0.15, -0.1) is 0 Å². The largest absolute Gasteiger partial charge is 0.489 e. The molecule has 0 unspecified atom stereocenters. The Morgan fingerprint density at radius 1 is 1.28 bits per heavy atom. The van der Waals surface area contributed by atoms with Crippen LogP contribution in [0.5, 0.6) is 5.75 Å². The fourth-order valence-corrected chi connectivity index (χ4v) is 1.67. The number of nitrogens with zero attached hydrogens (tertiary/aromatic N) is 1. The summed E-state index contributed by atoms with van der Waals surface area (Å²) in [6.07, 6.45) is 1.62. The van der Waals surface area contributed by atoms with Crippen LogP contribution in [0.3, 0.4) is 0 Å². The SMILES string of the molecule is N=C(N)c1cc(COc2ccc(Br)cc2)ccn1. The quantitative estimate of drug-likeness (QED) is 0.674. The molecule has 0 saturated heterocycles. The number of ether oxygens (including phenoxy) is 1. The Bertz CT molecular complexity index is 554. The highest BCUT2D eigenvalue weighted by atomic mass is 79.9. The van der Waals surface area contributed by atoms with Crippen molar-refractivity contribution in [3.8, 4) is 5.75 Å². The number of nitrogens with one attached hydrogen (secondary N) is 1.